The lowest BCUT2D eigenvalue weighted by Gasteiger charge is -2.11. The van der Waals surface area contributed by atoms with Gasteiger partial charge in [-0.25, -0.2) is 9.78 Å². The maximum absolute atomic E-state index is 11.8. The second-order valence-corrected chi connectivity index (χ2v) is 5.81. The maximum Gasteiger partial charge on any atom is 0.359 e. The molecule has 10 nitrogen and oxygen atoms in total. The van der Waals surface area contributed by atoms with Gasteiger partial charge in [-0.1, -0.05) is 6.07 Å². The zero-order chi connectivity index (χ0) is 20.6. The number of pyridine rings is 1. The van der Waals surface area contributed by atoms with Crippen molar-refractivity contribution in [2.75, 3.05) is 24.7 Å². The molecule has 2 aromatic heterocycles. The van der Waals surface area contributed by atoms with Crippen molar-refractivity contribution in [2.24, 2.45) is 0 Å². The second-order valence-electron chi connectivity index (χ2n) is 4.86. The van der Waals surface area contributed by atoms with Crippen molar-refractivity contribution in [1.29, 1.82) is 0 Å². The number of thiophene rings is 1. The summed E-state index contributed by atoms with van der Waals surface area (Å²) in [5.74, 6) is -1.35. The number of aromatic nitrogens is 1. The highest BCUT2D eigenvalue weighted by Gasteiger charge is 2.29. The normalized spacial score (nSPS) is 9.74. The van der Waals surface area contributed by atoms with E-state index in [4.69, 9.17) is 16.2 Å². The van der Waals surface area contributed by atoms with Crippen molar-refractivity contribution in [2.45, 2.75) is 20.8 Å². The van der Waals surface area contributed by atoms with Crippen LogP contribution in [0.5, 0.6) is 0 Å². The number of hydrogen-bond acceptors (Lipinski definition) is 10. The molecule has 0 spiro atoms. The number of carbonyl (C=O) groups is 2. The molecule has 4 N–H and O–H groups in total. The first-order chi connectivity index (χ1) is 12.7. The van der Waals surface area contributed by atoms with E-state index in [2.05, 4.69) is 9.72 Å². The fourth-order valence-electron chi connectivity index (χ4n) is 2.02. The van der Waals surface area contributed by atoms with Crippen molar-refractivity contribution in [3.63, 3.8) is 0 Å². The Morgan fingerprint density at radius 2 is 1.89 bits per heavy atom. The van der Waals surface area contributed by atoms with E-state index < -0.39 is 16.6 Å². The van der Waals surface area contributed by atoms with Crippen LogP contribution < -0.4 is 11.5 Å². The molecular formula is C16H20N4O6S. The summed E-state index contributed by atoms with van der Waals surface area (Å²) in [6, 6.07) is 3.36. The standard InChI is InChI=1S/C12H12N4O4S.C4H8O2/c1-2-20-12(17)9-8(13)7(6-4-3-5-21-6)10(16(18)19)11(14)15-9;1-3-6-4(2)5/h3-5H,2,13H2,1H3,(H2,14,15);3H2,1-2H3. The molecule has 0 aliphatic rings. The molecule has 2 rings (SSSR count). The molecule has 11 heteroatoms. The number of esters is 2. The van der Waals surface area contributed by atoms with E-state index in [1.807, 2.05) is 0 Å². The zero-order valence-corrected chi connectivity index (χ0v) is 15.9. The molecule has 0 saturated carbocycles. The van der Waals surface area contributed by atoms with Crippen molar-refractivity contribution in [3.05, 3.63) is 33.3 Å². The molecule has 0 aromatic carbocycles. The van der Waals surface area contributed by atoms with Gasteiger partial charge in [0.15, 0.2) is 5.69 Å². The van der Waals surface area contributed by atoms with E-state index in [0.29, 0.717) is 11.5 Å². The lowest BCUT2D eigenvalue weighted by Crippen LogP contribution is -2.14. The van der Waals surface area contributed by atoms with Crippen LogP contribution in [0.3, 0.4) is 0 Å². The Labute approximate surface area is 159 Å². The van der Waals surface area contributed by atoms with Crippen LogP contribution in [0.15, 0.2) is 17.5 Å². The zero-order valence-electron chi connectivity index (χ0n) is 15.1. The Hall–Kier alpha value is -3.21. The summed E-state index contributed by atoms with van der Waals surface area (Å²) in [5, 5.41) is 13.0. The monoisotopic (exact) mass is 396 g/mol. The molecule has 0 radical (unpaired) electrons. The fourth-order valence-corrected chi connectivity index (χ4v) is 2.81. The van der Waals surface area contributed by atoms with Crippen molar-refractivity contribution >= 4 is 40.5 Å². The maximum atomic E-state index is 11.8. The summed E-state index contributed by atoms with van der Waals surface area (Å²) in [6.45, 7) is 5.41. The molecule has 0 aliphatic heterocycles. The lowest BCUT2D eigenvalue weighted by atomic mass is 10.1. The molecule has 0 amide bonds. The molecule has 0 aliphatic carbocycles. The van der Waals surface area contributed by atoms with Gasteiger partial charge < -0.3 is 20.9 Å². The minimum absolute atomic E-state index is 0.0885. The summed E-state index contributed by atoms with van der Waals surface area (Å²) < 4.78 is 9.24. The Kier molecular flexibility index (Phi) is 8.14. The Balaban J connectivity index is 0.000000527. The minimum atomic E-state index is -0.769. The first kappa shape index (κ1) is 21.8. The second kappa shape index (κ2) is 10.1. The van der Waals surface area contributed by atoms with Crippen LogP contribution in [0.1, 0.15) is 31.3 Å². The highest BCUT2D eigenvalue weighted by atomic mass is 32.1. The van der Waals surface area contributed by atoms with Crippen molar-refractivity contribution < 1.29 is 24.0 Å². The smallest absolute Gasteiger partial charge is 0.359 e. The van der Waals surface area contributed by atoms with Crippen LogP contribution in [0.4, 0.5) is 17.2 Å². The molecule has 0 unspecified atom stereocenters. The summed E-state index contributed by atoms with van der Waals surface area (Å²) >= 11 is 1.24. The first-order valence-corrected chi connectivity index (χ1v) is 8.70. The van der Waals surface area contributed by atoms with Crippen molar-refractivity contribution in [3.8, 4) is 10.4 Å². The number of nitrogens with two attached hydrogens (primary N) is 2. The van der Waals surface area contributed by atoms with Gasteiger partial charge in [0.1, 0.15) is 0 Å². The summed E-state index contributed by atoms with van der Waals surface area (Å²) in [7, 11) is 0. The van der Waals surface area contributed by atoms with E-state index >= 15 is 0 Å². The minimum Gasteiger partial charge on any atom is -0.466 e. The van der Waals surface area contributed by atoms with E-state index in [9.17, 15) is 19.7 Å². The third kappa shape index (κ3) is 5.64. The number of anilines is 2. The average Bonchev–Trinajstić information content (AvgIpc) is 3.10. The van der Waals surface area contributed by atoms with E-state index in [-0.39, 0.29) is 35.3 Å². The number of nitrogen functional groups attached to an aromatic ring is 2. The highest BCUT2D eigenvalue weighted by molar-refractivity contribution is 7.13. The first-order valence-electron chi connectivity index (χ1n) is 7.82. The Bertz CT molecular complexity index is 823. The number of ether oxygens (including phenoxy) is 2. The molecule has 146 valence electrons. The van der Waals surface area contributed by atoms with E-state index in [1.54, 1.807) is 31.4 Å². The van der Waals surface area contributed by atoms with Gasteiger partial charge in [0.05, 0.1) is 29.4 Å². The quantitative estimate of drug-likeness (QED) is 0.439. The molecule has 0 fully saturated rings. The van der Waals surface area contributed by atoms with Gasteiger partial charge in [-0.3, -0.25) is 14.9 Å². The largest absolute Gasteiger partial charge is 0.466 e. The predicted octanol–water partition coefficient (Wildman–Crippen LogP) is 2.63. The van der Waals surface area contributed by atoms with Gasteiger partial charge in [0.2, 0.25) is 5.82 Å². The highest BCUT2D eigenvalue weighted by Crippen LogP contribution is 2.41. The van der Waals surface area contributed by atoms with E-state index in [0.717, 1.165) is 0 Å². The van der Waals surface area contributed by atoms with Crippen LogP contribution in [0.2, 0.25) is 0 Å². The molecule has 0 saturated heterocycles. The van der Waals surface area contributed by atoms with Gasteiger partial charge in [-0.15, -0.1) is 11.3 Å². The Morgan fingerprint density at radius 3 is 2.30 bits per heavy atom. The molecule has 0 atom stereocenters. The van der Waals surface area contributed by atoms with Crippen LogP contribution in [0.25, 0.3) is 10.4 Å². The fraction of sp³-hybridized carbons (Fsp3) is 0.312. The Morgan fingerprint density at radius 1 is 1.26 bits per heavy atom. The number of hydrogen-bond donors (Lipinski definition) is 2. The van der Waals surface area contributed by atoms with E-state index in [1.165, 1.54) is 18.3 Å². The molecule has 0 bridgehead atoms. The van der Waals surface area contributed by atoms with Gasteiger partial charge >= 0.3 is 17.6 Å². The SMILES string of the molecule is CCOC(=O)c1nc(N)c([N+](=O)[O-])c(-c2cccs2)c1N.CCOC(C)=O. The van der Waals surface area contributed by atoms with Gasteiger partial charge in [0.25, 0.3) is 0 Å². The lowest BCUT2D eigenvalue weighted by molar-refractivity contribution is -0.383. The van der Waals surface area contributed by atoms with Gasteiger partial charge in [-0.05, 0) is 25.3 Å². The topological polar surface area (TPSA) is 161 Å². The predicted molar refractivity (Wildman–Crippen MR) is 101 cm³/mol. The summed E-state index contributed by atoms with van der Waals surface area (Å²) in [6.07, 6.45) is 0. The van der Waals surface area contributed by atoms with Gasteiger partial charge in [0, 0.05) is 11.8 Å². The van der Waals surface area contributed by atoms with Gasteiger partial charge in [-0.2, -0.15) is 0 Å². The number of rotatable bonds is 5. The van der Waals surface area contributed by atoms with Crippen LogP contribution in [-0.4, -0.2) is 35.1 Å². The third-order valence-corrected chi connectivity index (χ3v) is 3.89. The molecule has 2 heterocycles. The summed E-state index contributed by atoms with van der Waals surface area (Å²) in [4.78, 5) is 36.5. The van der Waals surface area contributed by atoms with Crippen LogP contribution >= 0.6 is 11.3 Å². The van der Waals surface area contributed by atoms with Crippen molar-refractivity contribution in [1.82, 2.24) is 4.98 Å². The molecule has 27 heavy (non-hydrogen) atoms. The molecular weight excluding hydrogens is 376 g/mol. The number of carbonyl (C=O) groups excluding carboxylic acids is 2. The number of nitrogens with zero attached hydrogens (tertiary/aromatic N) is 2. The van der Waals surface area contributed by atoms with Crippen LogP contribution in [-0.2, 0) is 14.3 Å². The number of nitro groups is 1. The third-order valence-electron chi connectivity index (χ3n) is 3.00. The summed E-state index contributed by atoms with van der Waals surface area (Å²) in [5.41, 5.74) is 10.9. The van der Waals surface area contributed by atoms with Crippen LogP contribution in [0, 0.1) is 10.1 Å². The average molecular weight is 396 g/mol. The molecule has 2 aromatic rings.